The van der Waals surface area contributed by atoms with Crippen LogP contribution in [0.3, 0.4) is 0 Å². The van der Waals surface area contributed by atoms with E-state index in [2.05, 4.69) is 25.8 Å². The molecule has 0 saturated carbocycles. The minimum absolute atomic E-state index is 0.00619. The van der Waals surface area contributed by atoms with E-state index in [0.29, 0.717) is 25.8 Å². The lowest BCUT2D eigenvalue weighted by Gasteiger charge is -2.23. The van der Waals surface area contributed by atoms with Crippen molar-refractivity contribution in [3.05, 3.63) is 16.1 Å². The fourth-order valence-electron chi connectivity index (χ4n) is 1.90. The van der Waals surface area contributed by atoms with E-state index < -0.39 is 5.67 Å². The predicted molar refractivity (Wildman–Crippen MR) is 78.5 cm³/mol. The first kappa shape index (κ1) is 16.5. The topological polar surface area (TPSA) is 48.1 Å². The van der Waals surface area contributed by atoms with Gasteiger partial charge < -0.3 is 10.5 Å². The molecule has 0 saturated heterocycles. The molecular weight excluding hydrogens is 263 g/mol. The zero-order valence-electron chi connectivity index (χ0n) is 12.3. The zero-order chi connectivity index (χ0) is 14.5. The van der Waals surface area contributed by atoms with Gasteiger partial charge in [0.05, 0.1) is 17.3 Å². The maximum absolute atomic E-state index is 14.8. The number of ether oxygens (including phenoxy) is 1. The van der Waals surface area contributed by atoms with Crippen molar-refractivity contribution >= 4 is 11.3 Å². The molecule has 19 heavy (non-hydrogen) atoms. The summed E-state index contributed by atoms with van der Waals surface area (Å²) >= 11 is 1.52. The molecule has 0 spiro atoms. The minimum atomic E-state index is -1.36. The fourth-order valence-corrected chi connectivity index (χ4v) is 3.04. The number of halogens is 1. The maximum atomic E-state index is 14.8. The quantitative estimate of drug-likeness (QED) is 0.839. The highest BCUT2D eigenvalue weighted by Gasteiger charge is 2.31. The molecule has 1 atom stereocenters. The van der Waals surface area contributed by atoms with Crippen molar-refractivity contribution in [2.75, 3.05) is 20.3 Å². The van der Waals surface area contributed by atoms with Crippen LogP contribution in [0.15, 0.2) is 5.38 Å². The lowest BCUT2D eigenvalue weighted by Crippen LogP contribution is -2.32. The van der Waals surface area contributed by atoms with Crippen LogP contribution in [0.25, 0.3) is 0 Å². The van der Waals surface area contributed by atoms with Crippen LogP contribution >= 0.6 is 11.3 Å². The van der Waals surface area contributed by atoms with E-state index in [0.717, 1.165) is 10.7 Å². The fraction of sp³-hybridized carbons (Fsp3) is 0.786. The summed E-state index contributed by atoms with van der Waals surface area (Å²) in [4.78, 5) is 4.55. The molecule has 0 fully saturated rings. The smallest absolute Gasteiger partial charge is 0.140 e. The second-order valence-corrected chi connectivity index (χ2v) is 6.97. The number of rotatable bonds is 7. The van der Waals surface area contributed by atoms with E-state index in [9.17, 15) is 4.39 Å². The van der Waals surface area contributed by atoms with Crippen molar-refractivity contribution in [2.24, 2.45) is 5.73 Å². The molecular formula is C14H25FN2OS. The molecule has 1 aromatic heterocycles. The van der Waals surface area contributed by atoms with Gasteiger partial charge in [0.25, 0.3) is 0 Å². The third-order valence-electron chi connectivity index (χ3n) is 3.02. The SMILES string of the molecule is COCC(F)(CCCN)Cc1nc(C(C)(C)C)cs1. The molecule has 0 aliphatic carbocycles. The number of thiazole rings is 1. The maximum Gasteiger partial charge on any atom is 0.140 e. The first-order chi connectivity index (χ1) is 8.80. The number of methoxy groups -OCH3 is 1. The number of hydrogen-bond acceptors (Lipinski definition) is 4. The molecule has 1 aromatic rings. The lowest BCUT2D eigenvalue weighted by atomic mass is 9.93. The van der Waals surface area contributed by atoms with Crippen LogP contribution in [0.1, 0.15) is 44.3 Å². The van der Waals surface area contributed by atoms with Gasteiger partial charge in [-0.15, -0.1) is 11.3 Å². The van der Waals surface area contributed by atoms with Gasteiger partial charge in [-0.1, -0.05) is 20.8 Å². The molecule has 5 heteroatoms. The second kappa shape index (κ2) is 6.77. The molecule has 0 radical (unpaired) electrons. The Bertz CT molecular complexity index is 389. The monoisotopic (exact) mass is 288 g/mol. The molecule has 0 aliphatic heterocycles. The van der Waals surface area contributed by atoms with Gasteiger partial charge in [0, 0.05) is 24.3 Å². The van der Waals surface area contributed by atoms with Gasteiger partial charge in [-0.2, -0.15) is 0 Å². The predicted octanol–water partition coefficient (Wildman–Crippen LogP) is 3.08. The van der Waals surface area contributed by atoms with Crippen molar-refractivity contribution < 1.29 is 9.13 Å². The van der Waals surface area contributed by atoms with Gasteiger partial charge in [0.2, 0.25) is 0 Å². The molecule has 0 bridgehead atoms. The Morgan fingerprint density at radius 2 is 2.11 bits per heavy atom. The Kier molecular flexibility index (Phi) is 5.89. The Morgan fingerprint density at radius 3 is 2.58 bits per heavy atom. The van der Waals surface area contributed by atoms with E-state index in [1.54, 1.807) is 0 Å². The summed E-state index contributed by atoms with van der Waals surface area (Å²) in [5.74, 6) is 0. The van der Waals surface area contributed by atoms with Crippen molar-refractivity contribution in [1.29, 1.82) is 0 Å². The molecule has 0 aliphatic rings. The largest absolute Gasteiger partial charge is 0.381 e. The van der Waals surface area contributed by atoms with Crippen LogP contribution < -0.4 is 5.73 Å². The van der Waals surface area contributed by atoms with Gasteiger partial charge in [0.1, 0.15) is 5.67 Å². The minimum Gasteiger partial charge on any atom is -0.381 e. The van der Waals surface area contributed by atoms with E-state index in [-0.39, 0.29) is 12.0 Å². The summed E-state index contributed by atoms with van der Waals surface area (Å²) in [6.45, 7) is 6.92. The molecule has 110 valence electrons. The van der Waals surface area contributed by atoms with E-state index in [1.807, 2.05) is 5.38 Å². The first-order valence-electron chi connectivity index (χ1n) is 6.63. The summed E-state index contributed by atoms with van der Waals surface area (Å²) in [7, 11) is 1.53. The van der Waals surface area contributed by atoms with E-state index in [1.165, 1.54) is 18.4 Å². The number of alkyl halides is 1. The van der Waals surface area contributed by atoms with Crippen LogP contribution in [-0.4, -0.2) is 30.9 Å². The van der Waals surface area contributed by atoms with Gasteiger partial charge in [-0.05, 0) is 19.4 Å². The highest BCUT2D eigenvalue weighted by atomic mass is 32.1. The van der Waals surface area contributed by atoms with Crippen molar-refractivity contribution in [2.45, 2.75) is 51.1 Å². The number of aromatic nitrogens is 1. The summed E-state index contributed by atoms with van der Waals surface area (Å²) < 4.78 is 19.8. The standard InChI is InChI=1S/C14H25FN2OS/c1-13(2,3)11-9-19-12(17-11)8-14(15,10-18-4)6-5-7-16/h9H,5-8,10,16H2,1-4H3. The third-order valence-corrected chi connectivity index (χ3v) is 3.87. The van der Waals surface area contributed by atoms with Crippen LogP contribution in [0.4, 0.5) is 4.39 Å². The Balaban J connectivity index is 2.76. The number of hydrogen-bond donors (Lipinski definition) is 1. The first-order valence-corrected chi connectivity index (χ1v) is 7.51. The third kappa shape index (κ3) is 5.16. The molecule has 0 amide bonds. The Labute approximate surface area is 119 Å². The highest BCUT2D eigenvalue weighted by Crippen LogP contribution is 2.29. The molecule has 3 nitrogen and oxygen atoms in total. The molecule has 0 aromatic carbocycles. The number of nitrogens with two attached hydrogens (primary N) is 1. The Morgan fingerprint density at radius 1 is 1.42 bits per heavy atom. The summed E-state index contributed by atoms with van der Waals surface area (Å²) in [5, 5.41) is 2.85. The summed E-state index contributed by atoms with van der Waals surface area (Å²) in [6, 6.07) is 0. The van der Waals surface area contributed by atoms with Gasteiger partial charge in [-0.3, -0.25) is 0 Å². The average Bonchev–Trinajstić information content (AvgIpc) is 2.75. The van der Waals surface area contributed by atoms with Gasteiger partial charge >= 0.3 is 0 Å². The van der Waals surface area contributed by atoms with E-state index >= 15 is 0 Å². The van der Waals surface area contributed by atoms with Crippen LogP contribution in [0, 0.1) is 0 Å². The van der Waals surface area contributed by atoms with Gasteiger partial charge in [-0.25, -0.2) is 9.37 Å². The normalized spacial score (nSPS) is 15.5. The van der Waals surface area contributed by atoms with Crippen molar-refractivity contribution in [3.8, 4) is 0 Å². The van der Waals surface area contributed by atoms with Crippen molar-refractivity contribution in [3.63, 3.8) is 0 Å². The lowest BCUT2D eigenvalue weighted by molar-refractivity contribution is 0.0333. The van der Waals surface area contributed by atoms with Crippen molar-refractivity contribution in [1.82, 2.24) is 4.98 Å². The van der Waals surface area contributed by atoms with Gasteiger partial charge in [0.15, 0.2) is 0 Å². The number of nitrogens with zero attached hydrogens (tertiary/aromatic N) is 1. The Hall–Kier alpha value is -0.520. The van der Waals surface area contributed by atoms with Crippen LogP contribution in [0.2, 0.25) is 0 Å². The highest BCUT2D eigenvalue weighted by molar-refractivity contribution is 7.09. The molecule has 1 rings (SSSR count). The van der Waals surface area contributed by atoms with Crippen LogP contribution in [0.5, 0.6) is 0 Å². The molecule has 2 N–H and O–H groups in total. The average molecular weight is 288 g/mol. The summed E-state index contributed by atoms with van der Waals surface area (Å²) in [5.41, 5.74) is 5.13. The molecule has 1 heterocycles. The van der Waals surface area contributed by atoms with Crippen LogP contribution in [-0.2, 0) is 16.6 Å². The summed E-state index contributed by atoms with van der Waals surface area (Å²) in [6.07, 6.45) is 1.39. The van der Waals surface area contributed by atoms with E-state index in [4.69, 9.17) is 10.5 Å². The zero-order valence-corrected chi connectivity index (χ0v) is 13.1. The second-order valence-electron chi connectivity index (χ2n) is 6.03. The molecule has 1 unspecified atom stereocenters.